The van der Waals surface area contributed by atoms with E-state index < -0.39 is 0 Å². The number of halogens is 3. The monoisotopic (exact) mass is 828 g/mol. The first-order valence-corrected chi connectivity index (χ1v) is 17.5. The van der Waals surface area contributed by atoms with Crippen molar-refractivity contribution in [1.29, 1.82) is 0 Å². The highest BCUT2D eigenvalue weighted by Crippen LogP contribution is 2.42. The largest absolute Gasteiger partial charge is 0.497 e. The topological polar surface area (TPSA) is 96.9 Å². The molecule has 6 rings (SSSR count). The Hall–Kier alpha value is -4.81. The molecule has 5 aromatic rings. The van der Waals surface area contributed by atoms with Crippen LogP contribution in [0.1, 0.15) is 24.0 Å². The molecule has 11 nitrogen and oxygen atoms in total. The van der Waals surface area contributed by atoms with Crippen molar-refractivity contribution in [2.45, 2.75) is 32.0 Å². The summed E-state index contributed by atoms with van der Waals surface area (Å²) in [5, 5.41) is 0. The number of hydrogen-bond donors (Lipinski definition) is 0. The Bertz CT molecular complexity index is 1950. The predicted octanol–water partition coefficient (Wildman–Crippen LogP) is 8.81. The fraction of sp³-hybridized carbons (Fsp3) is 0.333. The number of benzene rings is 3. The zero-order valence-electron chi connectivity index (χ0n) is 32.8. The van der Waals surface area contributed by atoms with E-state index in [2.05, 4.69) is 44.0 Å². The molecule has 2 aromatic heterocycles. The minimum atomic E-state index is 0. The predicted molar refractivity (Wildman–Crippen MR) is 228 cm³/mol. The Morgan fingerprint density at radius 3 is 1.41 bits per heavy atom. The lowest BCUT2D eigenvalue weighted by Crippen LogP contribution is -2.44. The molecule has 0 bridgehead atoms. The van der Waals surface area contributed by atoms with Crippen molar-refractivity contribution >= 4 is 42.9 Å². The normalized spacial score (nSPS) is 12.6. The van der Waals surface area contributed by atoms with Gasteiger partial charge in [0.25, 0.3) is 0 Å². The Morgan fingerprint density at radius 1 is 0.536 bits per heavy atom. The Morgan fingerprint density at radius 2 is 0.982 bits per heavy atom. The summed E-state index contributed by atoms with van der Waals surface area (Å²) in [5.74, 6) is 4.38. The molecule has 1 aliphatic heterocycles. The van der Waals surface area contributed by atoms with E-state index in [1.54, 1.807) is 49.8 Å². The van der Waals surface area contributed by atoms with Crippen molar-refractivity contribution in [3.63, 3.8) is 0 Å². The van der Waals surface area contributed by atoms with Gasteiger partial charge in [0, 0.05) is 73.8 Å². The second-order valence-electron chi connectivity index (χ2n) is 12.8. The lowest BCUT2D eigenvalue weighted by molar-refractivity contribution is 0.200. The van der Waals surface area contributed by atoms with Crippen molar-refractivity contribution < 1.29 is 33.2 Å². The molecule has 1 saturated heterocycles. The van der Waals surface area contributed by atoms with Crippen LogP contribution in [0.5, 0.6) is 40.2 Å². The number of ether oxygens (including phenoxy) is 7. The second kappa shape index (κ2) is 21.5. The molecule has 0 spiro atoms. The van der Waals surface area contributed by atoms with Crippen LogP contribution in [-0.2, 0) is 13.1 Å². The number of nitrogens with zero attached hydrogens (tertiary/aromatic N) is 4. The van der Waals surface area contributed by atoms with Crippen molar-refractivity contribution in [3.05, 3.63) is 96.6 Å². The molecular formula is C42H51Cl3N4O7. The molecule has 56 heavy (non-hydrogen) atoms. The van der Waals surface area contributed by atoms with Crippen LogP contribution < -0.4 is 38.1 Å². The van der Waals surface area contributed by atoms with Gasteiger partial charge in [0.15, 0.2) is 23.0 Å². The Kier molecular flexibility index (Phi) is 17.5. The summed E-state index contributed by atoms with van der Waals surface area (Å²) < 4.78 is 39.0. The van der Waals surface area contributed by atoms with Gasteiger partial charge in [0.05, 0.1) is 49.8 Å². The van der Waals surface area contributed by atoms with Crippen molar-refractivity contribution in [3.8, 4) is 62.5 Å². The average molecular weight is 830 g/mol. The standard InChI is InChI=1S/C42H48N4O7.3ClH/c1-47-36-10-8-34(9-11-36)46(27-29-17-33(25-44-23-29)31-20-39(50-4)42(53-7)40(21-31)51-5)35-12-14-45(15-13-35)26-28-16-32(24-43-22-28)30-18-37(48-2)41(52-6)38(19-30)49-3;;;/h8-11,16-25,35H,12-15,26-27H2,1-7H3;3*1H. The molecule has 0 radical (unpaired) electrons. The lowest BCUT2D eigenvalue weighted by atomic mass is 9.99. The maximum Gasteiger partial charge on any atom is 0.203 e. The molecule has 14 heteroatoms. The van der Waals surface area contributed by atoms with Gasteiger partial charge in [-0.15, -0.1) is 37.2 Å². The van der Waals surface area contributed by atoms with Gasteiger partial charge >= 0.3 is 0 Å². The van der Waals surface area contributed by atoms with Gasteiger partial charge in [-0.3, -0.25) is 14.9 Å². The Balaban J connectivity index is 0.00000280. The molecule has 3 heterocycles. The SMILES string of the molecule is COc1ccc(N(Cc2cncc(-c3cc(OC)c(OC)c(OC)c3)c2)C2CCN(Cc3cncc(-c4cc(OC)c(OC)c(OC)c4)c3)CC2)cc1.Cl.Cl.Cl. The fourth-order valence-corrected chi connectivity index (χ4v) is 7.01. The van der Waals surface area contributed by atoms with E-state index >= 15 is 0 Å². The minimum Gasteiger partial charge on any atom is -0.497 e. The van der Waals surface area contributed by atoms with Crippen LogP contribution in [0.25, 0.3) is 22.3 Å². The number of anilines is 1. The summed E-state index contributed by atoms with van der Waals surface area (Å²) in [6.07, 6.45) is 9.64. The Labute approximate surface area is 348 Å². The molecule has 0 N–H and O–H groups in total. The van der Waals surface area contributed by atoms with Gasteiger partial charge in [-0.05, 0) is 95.8 Å². The summed E-state index contributed by atoms with van der Waals surface area (Å²) >= 11 is 0. The zero-order chi connectivity index (χ0) is 37.3. The maximum atomic E-state index is 5.62. The summed E-state index contributed by atoms with van der Waals surface area (Å²) in [6, 6.07) is 20.9. The van der Waals surface area contributed by atoms with E-state index in [4.69, 9.17) is 33.2 Å². The van der Waals surface area contributed by atoms with E-state index in [1.165, 1.54) is 0 Å². The molecule has 0 saturated carbocycles. The first-order chi connectivity index (χ1) is 25.9. The van der Waals surface area contributed by atoms with E-state index in [0.29, 0.717) is 47.1 Å². The van der Waals surface area contributed by atoms with Crippen LogP contribution in [-0.4, -0.2) is 83.8 Å². The molecule has 0 amide bonds. The fourth-order valence-electron chi connectivity index (χ4n) is 7.01. The van der Waals surface area contributed by atoms with E-state index in [-0.39, 0.29) is 37.2 Å². The molecule has 0 atom stereocenters. The van der Waals surface area contributed by atoms with E-state index in [1.807, 2.05) is 61.2 Å². The maximum absolute atomic E-state index is 5.62. The third-order valence-corrected chi connectivity index (χ3v) is 9.75. The van der Waals surface area contributed by atoms with Crippen LogP contribution in [0, 0.1) is 0 Å². The van der Waals surface area contributed by atoms with Crippen molar-refractivity contribution in [1.82, 2.24) is 14.9 Å². The number of methoxy groups -OCH3 is 7. The van der Waals surface area contributed by atoms with Gasteiger partial charge in [-0.2, -0.15) is 0 Å². The summed E-state index contributed by atoms with van der Waals surface area (Å²) in [6.45, 7) is 3.41. The first-order valence-electron chi connectivity index (χ1n) is 17.5. The van der Waals surface area contributed by atoms with Crippen LogP contribution in [0.15, 0.2) is 85.5 Å². The molecule has 3 aromatic carbocycles. The number of piperidine rings is 1. The van der Waals surface area contributed by atoms with Crippen LogP contribution in [0.2, 0.25) is 0 Å². The molecule has 1 aliphatic rings. The molecule has 302 valence electrons. The van der Waals surface area contributed by atoms with Crippen LogP contribution >= 0.6 is 37.2 Å². The number of likely N-dealkylation sites (tertiary alicyclic amines) is 1. The smallest absolute Gasteiger partial charge is 0.203 e. The van der Waals surface area contributed by atoms with Gasteiger partial charge in [0.2, 0.25) is 11.5 Å². The molecular weight excluding hydrogens is 779 g/mol. The van der Waals surface area contributed by atoms with Gasteiger partial charge < -0.3 is 38.1 Å². The van der Waals surface area contributed by atoms with Crippen LogP contribution in [0.4, 0.5) is 5.69 Å². The highest BCUT2D eigenvalue weighted by atomic mass is 35.5. The lowest BCUT2D eigenvalue weighted by Gasteiger charge is -2.40. The second-order valence-corrected chi connectivity index (χ2v) is 12.8. The number of rotatable bonds is 15. The summed E-state index contributed by atoms with van der Waals surface area (Å²) in [5.41, 5.74) is 7.23. The number of hydrogen-bond acceptors (Lipinski definition) is 11. The quantitative estimate of drug-likeness (QED) is 0.101. The summed E-state index contributed by atoms with van der Waals surface area (Å²) in [4.78, 5) is 14.3. The molecule has 1 fully saturated rings. The van der Waals surface area contributed by atoms with Gasteiger partial charge in [0.1, 0.15) is 5.75 Å². The third kappa shape index (κ3) is 10.3. The average Bonchev–Trinajstić information content (AvgIpc) is 3.22. The van der Waals surface area contributed by atoms with Crippen molar-refractivity contribution in [2.24, 2.45) is 0 Å². The third-order valence-electron chi connectivity index (χ3n) is 9.75. The minimum absolute atomic E-state index is 0. The molecule has 0 aliphatic carbocycles. The summed E-state index contributed by atoms with van der Waals surface area (Å²) in [7, 11) is 11.4. The highest BCUT2D eigenvalue weighted by molar-refractivity contribution is 5.86. The van der Waals surface area contributed by atoms with E-state index in [9.17, 15) is 0 Å². The van der Waals surface area contributed by atoms with Gasteiger partial charge in [-0.25, -0.2) is 0 Å². The van der Waals surface area contributed by atoms with Gasteiger partial charge in [-0.1, -0.05) is 0 Å². The number of pyridine rings is 2. The van der Waals surface area contributed by atoms with E-state index in [0.717, 1.165) is 77.3 Å². The highest BCUT2D eigenvalue weighted by Gasteiger charge is 2.26. The number of aromatic nitrogens is 2. The zero-order valence-corrected chi connectivity index (χ0v) is 35.2. The first kappa shape index (κ1) is 45.6. The molecule has 0 unspecified atom stereocenters. The van der Waals surface area contributed by atoms with Crippen LogP contribution in [0.3, 0.4) is 0 Å². The van der Waals surface area contributed by atoms with Crippen molar-refractivity contribution in [2.75, 3.05) is 67.8 Å².